The summed E-state index contributed by atoms with van der Waals surface area (Å²) in [7, 11) is 0. The normalized spacial score (nSPS) is 13.8. The molecule has 0 aliphatic carbocycles. The van der Waals surface area contributed by atoms with Crippen LogP contribution in [0.15, 0.2) is 30.0 Å². The molecule has 2 rings (SSSR count). The quantitative estimate of drug-likeness (QED) is 0.836. The second kappa shape index (κ2) is 5.75. The molecule has 1 aromatic rings. The zero-order chi connectivity index (χ0) is 13.8. The SMILES string of the molecule is CCc1ccc(NC(=O)NC2=CC(=O)OC2)c(Cl)c1. The van der Waals surface area contributed by atoms with Crippen LogP contribution in [0.5, 0.6) is 0 Å². The molecule has 5 nitrogen and oxygen atoms in total. The molecule has 0 unspecified atom stereocenters. The van der Waals surface area contributed by atoms with Crippen LogP contribution in [0.1, 0.15) is 12.5 Å². The maximum absolute atomic E-state index is 11.7. The molecular formula is C13H13ClN2O3. The lowest BCUT2D eigenvalue weighted by Gasteiger charge is -2.09. The second-order valence-electron chi connectivity index (χ2n) is 4.02. The summed E-state index contributed by atoms with van der Waals surface area (Å²) in [6, 6.07) is 4.98. The molecule has 2 amide bonds. The predicted octanol–water partition coefficient (Wildman–Crippen LogP) is 2.46. The fourth-order valence-corrected chi connectivity index (χ4v) is 1.88. The van der Waals surface area contributed by atoms with Gasteiger partial charge in [-0.25, -0.2) is 9.59 Å². The van der Waals surface area contributed by atoms with Gasteiger partial charge in [-0.2, -0.15) is 0 Å². The smallest absolute Gasteiger partial charge is 0.333 e. The van der Waals surface area contributed by atoms with Crippen molar-refractivity contribution in [3.8, 4) is 0 Å². The highest BCUT2D eigenvalue weighted by Gasteiger charge is 2.15. The van der Waals surface area contributed by atoms with Crippen molar-refractivity contribution in [3.05, 3.63) is 40.6 Å². The van der Waals surface area contributed by atoms with Crippen LogP contribution in [0.3, 0.4) is 0 Å². The molecule has 0 saturated carbocycles. The fraction of sp³-hybridized carbons (Fsp3) is 0.231. The van der Waals surface area contributed by atoms with Crippen molar-refractivity contribution in [1.82, 2.24) is 5.32 Å². The van der Waals surface area contributed by atoms with Crippen molar-refractivity contribution in [2.75, 3.05) is 11.9 Å². The van der Waals surface area contributed by atoms with E-state index in [2.05, 4.69) is 15.4 Å². The number of ether oxygens (including phenoxy) is 1. The van der Waals surface area contributed by atoms with Gasteiger partial charge in [0.15, 0.2) is 0 Å². The zero-order valence-corrected chi connectivity index (χ0v) is 11.1. The van der Waals surface area contributed by atoms with Crippen molar-refractivity contribution < 1.29 is 14.3 Å². The lowest BCUT2D eigenvalue weighted by atomic mass is 10.1. The first-order valence-corrected chi connectivity index (χ1v) is 6.20. The molecule has 19 heavy (non-hydrogen) atoms. The number of nitrogens with one attached hydrogen (secondary N) is 2. The first-order valence-electron chi connectivity index (χ1n) is 5.82. The molecule has 0 bridgehead atoms. The van der Waals surface area contributed by atoms with E-state index in [0.717, 1.165) is 12.0 Å². The van der Waals surface area contributed by atoms with Crippen LogP contribution in [0.2, 0.25) is 5.02 Å². The molecule has 1 aliphatic heterocycles. The van der Waals surface area contributed by atoms with Gasteiger partial charge in [0.25, 0.3) is 0 Å². The van der Waals surface area contributed by atoms with Crippen LogP contribution in [0.4, 0.5) is 10.5 Å². The summed E-state index contributed by atoms with van der Waals surface area (Å²) in [6.07, 6.45) is 2.11. The summed E-state index contributed by atoms with van der Waals surface area (Å²) in [6.45, 7) is 2.10. The molecule has 1 aromatic carbocycles. The number of carbonyl (C=O) groups is 2. The van der Waals surface area contributed by atoms with Gasteiger partial charge in [0, 0.05) is 6.08 Å². The zero-order valence-electron chi connectivity index (χ0n) is 10.3. The molecule has 0 spiro atoms. The Kier molecular flexibility index (Phi) is 4.06. The summed E-state index contributed by atoms with van der Waals surface area (Å²) in [5.74, 6) is -0.458. The first kappa shape index (κ1) is 13.4. The molecular weight excluding hydrogens is 268 g/mol. The van der Waals surface area contributed by atoms with Crippen LogP contribution in [-0.2, 0) is 16.0 Å². The van der Waals surface area contributed by atoms with Crippen molar-refractivity contribution >= 4 is 29.3 Å². The predicted molar refractivity (Wildman–Crippen MR) is 72.0 cm³/mol. The molecule has 0 atom stereocenters. The second-order valence-corrected chi connectivity index (χ2v) is 4.43. The minimum Gasteiger partial charge on any atom is -0.456 e. The maximum Gasteiger partial charge on any atom is 0.333 e. The van der Waals surface area contributed by atoms with E-state index in [9.17, 15) is 9.59 Å². The molecule has 0 aromatic heterocycles. The summed E-state index contributed by atoms with van der Waals surface area (Å²) >= 11 is 6.06. The van der Waals surface area contributed by atoms with E-state index in [4.69, 9.17) is 11.6 Å². The third-order valence-electron chi connectivity index (χ3n) is 2.63. The summed E-state index contributed by atoms with van der Waals surface area (Å²) < 4.78 is 4.67. The van der Waals surface area contributed by atoms with Gasteiger partial charge in [-0.15, -0.1) is 0 Å². The van der Waals surface area contributed by atoms with Crippen molar-refractivity contribution in [1.29, 1.82) is 0 Å². The average Bonchev–Trinajstić information content (AvgIpc) is 2.77. The lowest BCUT2D eigenvalue weighted by molar-refractivity contribution is -0.134. The third-order valence-corrected chi connectivity index (χ3v) is 2.94. The number of aryl methyl sites for hydroxylation is 1. The van der Waals surface area contributed by atoms with Gasteiger partial charge in [-0.1, -0.05) is 24.6 Å². The van der Waals surface area contributed by atoms with Gasteiger partial charge in [-0.05, 0) is 24.1 Å². The average molecular weight is 281 g/mol. The largest absolute Gasteiger partial charge is 0.456 e. The Morgan fingerprint density at radius 3 is 2.79 bits per heavy atom. The number of urea groups is 1. The molecule has 1 heterocycles. The van der Waals surface area contributed by atoms with Crippen LogP contribution < -0.4 is 10.6 Å². The van der Waals surface area contributed by atoms with Crippen molar-refractivity contribution in [2.24, 2.45) is 0 Å². The van der Waals surface area contributed by atoms with Crippen molar-refractivity contribution in [2.45, 2.75) is 13.3 Å². The van der Waals surface area contributed by atoms with Gasteiger partial charge < -0.3 is 15.4 Å². The topological polar surface area (TPSA) is 67.4 Å². The Labute approximate surface area is 115 Å². The maximum atomic E-state index is 11.7. The molecule has 0 fully saturated rings. The van der Waals surface area contributed by atoms with Gasteiger partial charge in [0.1, 0.15) is 6.61 Å². The number of amides is 2. The Morgan fingerprint density at radius 1 is 1.42 bits per heavy atom. The highest BCUT2D eigenvalue weighted by atomic mass is 35.5. The van der Waals surface area contributed by atoms with Gasteiger partial charge in [0.05, 0.1) is 16.4 Å². The summed E-state index contributed by atoms with van der Waals surface area (Å²) in [5, 5.41) is 5.61. The van der Waals surface area contributed by atoms with E-state index in [-0.39, 0.29) is 6.61 Å². The molecule has 1 aliphatic rings. The standard InChI is InChI=1S/C13H13ClN2O3/c1-2-8-3-4-11(10(14)5-8)16-13(18)15-9-6-12(17)19-7-9/h3-6H,2,7H2,1H3,(H2,15,16,18). The molecule has 0 radical (unpaired) electrons. The number of anilines is 1. The van der Waals surface area contributed by atoms with Gasteiger partial charge in [-0.3, -0.25) is 0 Å². The monoisotopic (exact) mass is 280 g/mol. The minimum absolute atomic E-state index is 0.0781. The van der Waals surface area contributed by atoms with Crippen LogP contribution in [-0.4, -0.2) is 18.6 Å². The number of halogens is 1. The number of benzene rings is 1. The van der Waals surface area contributed by atoms with E-state index >= 15 is 0 Å². The first-order chi connectivity index (χ1) is 9.08. The van der Waals surface area contributed by atoms with E-state index < -0.39 is 12.0 Å². The number of carbonyl (C=O) groups excluding carboxylic acids is 2. The summed E-state index contributed by atoms with van der Waals surface area (Å²) in [5.41, 5.74) is 2.03. The van der Waals surface area contributed by atoms with E-state index in [1.165, 1.54) is 6.08 Å². The lowest BCUT2D eigenvalue weighted by Crippen LogP contribution is -2.28. The fourth-order valence-electron chi connectivity index (χ4n) is 1.63. The third kappa shape index (κ3) is 3.48. The number of cyclic esters (lactones) is 1. The van der Waals surface area contributed by atoms with Crippen LogP contribution in [0.25, 0.3) is 0 Å². The number of rotatable bonds is 3. The number of esters is 1. The van der Waals surface area contributed by atoms with Gasteiger partial charge >= 0.3 is 12.0 Å². The molecule has 6 heteroatoms. The van der Waals surface area contributed by atoms with Crippen LogP contribution in [0, 0.1) is 0 Å². The highest BCUT2D eigenvalue weighted by Crippen LogP contribution is 2.23. The number of hydrogen-bond acceptors (Lipinski definition) is 3. The molecule has 0 saturated heterocycles. The Bertz CT molecular complexity index is 555. The van der Waals surface area contributed by atoms with E-state index in [1.54, 1.807) is 12.1 Å². The minimum atomic E-state index is -0.462. The van der Waals surface area contributed by atoms with Crippen molar-refractivity contribution in [3.63, 3.8) is 0 Å². The Balaban J connectivity index is 1.99. The van der Waals surface area contributed by atoms with Crippen LogP contribution >= 0.6 is 11.6 Å². The highest BCUT2D eigenvalue weighted by molar-refractivity contribution is 6.33. The molecule has 100 valence electrons. The number of hydrogen-bond donors (Lipinski definition) is 2. The Morgan fingerprint density at radius 2 is 2.21 bits per heavy atom. The molecule has 2 N–H and O–H groups in total. The van der Waals surface area contributed by atoms with E-state index in [0.29, 0.717) is 16.4 Å². The Hall–Kier alpha value is -2.01. The van der Waals surface area contributed by atoms with Gasteiger partial charge in [0.2, 0.25) is 0 Å². The van der Waals surface area contributed by atoms with E-state index in [1.807, 2.05) is 13.0 Å². The summed E-state index contributed by atoms with van der Waals surface area (Å²) in [4.78, 5) is 22.5.